The largest absolute Gasteiger partial charge is 0.478 e. The molecule has 0 aliphatic carbocycles. The molecule has 0 atom stereocenters. The highest BCUT2D eigenvalue weighted by molar-refractivity contribution is 5.92. The Kier molecular flexibility index (Phi) is 6.28. The van der Waals surface area contributed by atoms with Crippen LogP contribution in [0.3, 0.4) is 0 Å². The van der Waals surface area contributed by atoms with Gasteiger partial charge in [-0.2, -0.15) is 0 Å². The first-order valence-electron chi connectivity index (χ1n) is 8.61. The fraction of sp³-hybridized carbons (Fsp3) is 0.263. The first-order chi connectivity index (χ1) is 13.6. The summed E-state index contributed by atoms with van der Waals surface area (Å²) in [5.74, 6) is -0.797. The quantitative estimate of drug-likeness (QED) is 0.572. The highest BCUT2D eigenvalue weighted by atomic mass is 19.1. The summed E-state index contributed by atoms with van der Waals surface area (Å²) in [6, 6.07) is 7.07. The zero-order valence-corrected chi connectivity index (χ0v) is 15.2. The monoisotopic (exact) mass is 386 g/mol. The minimum atomic E-state index is -0.578. The minimum absolute atomic E-state index is 0.0842. The molecular weight excluding hydrogens is 367 g/mol. The highest BCUT2D eigenvalue weighted by Crippen LogP contribution is 2.11. The second kappa shape index (κ2) is 9.05. The molecule has 2 aromatic heterocycles. The van der Waals surface area contributed by atoms with Crippen molar-refractivity contribution >= 4 is 16.8 Å². The van der Waals surface area contributed by atoms with Crippen LogP contribution in [0, 0.1) is 5.82 Å². The van der Waals surface area contributed by atoms with Crippen LogP contribution in [0.15, 0.2) is 41.3 Å². The smallest absolute Gasteiger partial charge is 0.287 e. The van der Waals surface area contributed by atoms with Crippen LogP contribution in [0.2, 0.25) is 0 Å². The number of methoxy groups -OCH3 is 1. The third kappa shape index (κ3) is 4.89. The molecule has 0 radical (unpaired) electrons. The number of hydrogen-bond donors (Lipinski definition) is 2. The number of amides is 1. The van der Waals surface area contributed by atoms with Gasteiger partial charge in [-0.3, -0.25) is 9.59 Å². The molecule has 0 bridgehead atoms. The second-order valence-electron chi connectivity index (χ2n) is 5.96. The third-order valence-electron chi connectivity index (χ3n) is 3.88. The lowest BCUT2D eigenvalue weighted by Crippen LogP contribution is -2.27. The average molecular weight is 386 g/mol. The number of aromatic nitrogens is 3. The summed E-state index contributed by atoms with van der Waals surface area (Å²) in [7, 11) is 1.62. The Bertz CT molecular complexity index is 1040. The normalized spacial score (nSPS) is 10.8. The number of carbonyl (C=O) groups excluding carboxylic acids is 1. The lowest BCUT2D eigenvalue weighted by atomic mass is 10.2. The number of fused-ring (bicyclic) bond motifs is 1. The summed E-state index contributed by atoms with van der Waals surface area (Å²) < 4.78 is 23.7. The molecule has 0 saturated carbocycles. The number of ether oxygens (including phenoxy) is 2. The van der Waals surface area contributed by atoms with E-state index in [1.165, 1.54) is 12.1 Å². The van der Waals surface area contributed by atoms with Crippen molar-refractivity contribution < 1.29 is 18.7 Å². The molecule has 0 aliphatic rings. The Balaban J connectivity index is 1.65. The van der Waals surface area contributed by atoms with E-state index in [2.05, 4.69) is 20.3 Å². The Labute approximate surface area is 159 Å². The Morgan fingerprint density at radius 2 is 2.11 bits per heavy atom. The first kappa shape index (κ1) is 19.4. The molecule has 0 spiro atoms. The molecule has 0 fully saturated rings. The minimum Gasteiger partial charge on any atom is -0.478 e. The molecule has 1 aromatic carbocycles. The summed E-state index contributed by atoms with van der Waals surface area (Å²) in [5, 5.41) is 2.76. The predicted octanol–water partition coefficient (Wildman–Crippen LogP) is 1.80. The van der Waals surface area contributed by atoms with Crippen LogP contribution in [0.4, 0.5) is 4.39 Å². The van der Waals surface area contributed by atoms with Gasteiger partial charge in [0.15, 0.2) is 5.82 Å². The zero-order chi connectivity index (χ0) is 19.9. The summed E-state index contributed by atoms with van der Waals surface area (Å²) in [6.07, 6.45) is 2.32. The molecule has 0 saturated heterocycles. The van der Waals surface area contributed by atoms with Crippen LogP contribution in [0.5, 0.6) is 5.88 Å². The number of pyridine rings is 1. The molecule has 8 nitrogen and oxygen atoms in total. The maximum absolute atomic E-state index is 13.3. The number of rotatable bonds is 8. The van der Waals surface area contributed by atoms with Gasteiger partial charge < -0.3 is 19.8 Å². The molecule has 0 aliphatic heterocycles. The van der Waals surface area contributed by atoms with Gasteiger partial charge in [0.25, 0.3) is 11.5 Å². The lowest BCUT2D eigenvalue weighted by Gasteiger charge is -2.08. The van der Waals surface area contributed by atoms with Crippen molar-refractivity contribution in [3.8, 4) is 5.88 Å². The average Bonchev–Trinajstić information content (AvgIpc) is 2.70. The topological polar surface area (TPSA) is 106 Å². The number of carbonyl (C=O) groups is 1. The lowest BCUT2D eigenvalue weighted by molar-refractivity contribution is 0.0940. The standard InChI is InChI=1S/C19H19FN4O4/c1-27-7-2-8-28-16-9-12(5-6-21-16)11-22-19(26)17-23-15-4-3-13(20)10-14(15)18(25)24-17/h3-6,9-10H,2,7-8,11H2,1H3,(H,22,26)(H,23,24,25). The van der Waals surface area contributed by atoms with Crippen LogP contribution in [0.1, 0.15) is 22.6 Å². The number of nitrogens with one attached hydrogen (secondary N) is 2. The molecule has 146 valence electrons. The maximum Gasteiger partial charge on any atom is 0.287 e. The van der Waals surface area contributed by atoms with Gasteiger partial charge in [-0.05, 0) is 29.8 Å². The highest BCUT2D eigenvalue weighted by Gasteiger charge is 2.12. The Hall–Kier alpha value is -3.33. The third-order valence-corrected chi connectivity index (χ3v) is 3.88. The summed E-state index contributed by atoms with van der Waals surface area (Å²) in [6.45, 7) is 1.26. The van der Waals surface area contributed by atoms with Crippen LogP contribution < -0.4 is 15.6 Å². The summed E-state index contributed by atoms with van der Waals surface area (Å²) in [5.41, 5.74) is 0.437. The number of aromatic amines is 1. The van der Waals surface area contributed by atoms with E-state index < -0.39 is 17.3 Å². The maximum atomic E-state index is 13.3. The van der Waals surface area contributed by atoms with E-state index in [4.69, 9.17) is 9.47 Å². The zero-order valence-electron chi connectivity index (χ0n) is 15.2. The molecular formula is C19H19FN4O4. The van der Waals surface area contributed by atoms with Crippen LogP contribution in [-0.4, -0.2) is 41.2 Å². The van der Waals surface area contributed by atoms with E-state index >= 15 is 0 Å². The van der Waals surface area contributed by atoms with Crippen molar-refractivity contribution in [1.29, 1.82) is 0 Å². The van der Waals surface area contributed by atoms with Gasteiger partial charge in [-0.15, -0.1) is 0 Å². The van der Waals surface area contributed by atoms with E-state index in [0.29, 0.717) is 19.1 Å². The first-order valence-corrected chi connectivity index (χ1v) is 8.61. The van der Waals surface area contributed by atoms with E-state index in [9.17, 15) is 14.0 Å². The Morgan fingerprint density at radius 1 is 1.25 bits per heavy atom. The van der Waals surface area contributed by atoms with Gasteiger partial charge in [0.05, 0.1) is 17.5 Å². The number of nitrogens with zero attached hydrogens (tertiary/aromatic N) is 2. The molecule has 3 rings (SSSR count). The number of benzene rings is 1. The van der Waals surface area contributed by atoms with Crippen molar-refractivity contribution in [1.82, 2.24) is 20.3 Å². The molecule has 28 heavy (non-hydrogen) atoms. The van der Waals surface area contributed by atoms with Crippen LogP contribution in [-0.2, 0) is 11.3 Å². The van der Waals surface area contributed by atoms with E-state index in [-0.39, 0.29) is 23.3 Å². The van der Waals surface area contributed by atoms with Crippen molar-refractivity contribution in [3.63, 3.8) is 0 Å². The second-order valence-corrected chi connectivity index (χ2v) is 5.96. The van der Waals surface area contributed by atoms with E-state index in [0.717, 1.165) is 18.1 Å². The molecule has 9 heteroatoms. The van der Waals surface area contributed by atoms with Crippen LogP contribution >= 0.6 is 0 Å². The molecule has 2 heterocycles. The van der Waals surface area contributed by atoms with Crippen LogP contribution in [0.25, 0.3) is 10.9 Å². The van der Waals surface area contributed by atoms with Gasteiger partial charge in [0, 0.05) is 38.9 Å². The SMILES string of the molecule is COCCCOc1cc(CNC(=O)c2nc3ccc(F)cc3c(=O)[nH]2)ccn1. The number of H-pyrrole nitrogens is 1. The molecule has 3 aromatic rings. The fourth-order valence-corrected chi connectivity index (χ4v) is 2.50. The van der Waals surface area contributed by atoms with Crippen molar-refractivity contribution in [2.75, 3.05) is 20.3 Å². The number of hydrogen-bond acceptors (Lipinski definition) is 6. The van der Waals surface area contributed by atoms with Gasteiger partial charge in [0.1, 0.15) is 5.82 Å². The van der Waals surface area contributed by atoms with E-state index in [1.54, 1.807) is 25.4 Å². The number of halogens is 1. The van der Waals surface area contributed by atoms with Gasteiger partial charge in [0.2, 0.25) is 5.88 Å². The Morgan fingerprint density at radius 3 is 2.93 bits per heavy atom. The van der Waals surface area contributed by atoms with Crippen molar-refractivity contribution in [3.05, 3.63) is 64.1 Å². The summed E-state index contributed by atoms with van der Waals surface area (Å²) >= 11 is 0. The fourth-order valence-electron chi connectivity index (χ4n) is 2.50. The van der Waals surface area contributed by atoms with Gasteiger partial charge in [-0.1, -0.05) is 0 Å². The van der Waals surface area contributed by atoms with E-state index in [1.807, 2.05) is 0 Å². The molecule has 0 unspecified atom stereocenters. The van der Waals surface area contributed by atoms with Gasteiger partial charge >= 0.3 is 0 Å². The molecule has 2 N–H and O–H groups in total. The van der Waals surface area contributed by atoms with Crippen molar-refractivity contribution in [2.45, 2.75) is 13.0 Å². The predicted molar refractivity (Wildman–Crippen MR) is 99.7 cm³/mol. The van der Waals surface area contributed by atoms with Gasteiger partial charge in [-0.25, -0.2) is 14.4 Å². The molecule has 1 amide bonds. The van der Waals surface area contributed by atoms with Crippen molar-refractivity contribution in [2.24, 2.45) is 0 Å². The summed E-state index contributed by atoms with van der Waals surface area (Å²) in [4.78, 5) is 34.9.